The predicted octanol–water partition coefficient (Wildman–Crippen LogP) is 0.821. The number of hydrogen-bond donors (Lipinski definition) is 2. The summed E-state index contributed by atoms with van der Waals surface area (Å²) in [5.41, 5.74) is 0.705. The van der Waals surface area contributed by atoms with Crippen molar-refractivity contribution in [3.05, 3.63) is 39.9 Å². The lowest BCUT2D eigenvalue weighted by Crippen LogP contribution is -2.15. The van der Waals surface area contributed by atoms with Crippen molar-refractivity contribution >= 4 is 17.0 Å². The van der Waals surface area contributed by atoms with Crippen LogP contribution in [0.1, 0.15) is 5.56 Å². The predicted molar refractivity (Wildman–Crippen MR) is 50.7 cm³/mol. The quantitative estimate of drug-likeness (QED) is 0.442. The molecule has 76 valence electrons. The summed E-state index contributed by atoms with van der Waals surface area (Å²) in [6, 6.07) is 5.74. The molecule has 1 atom stereocenters. The van der Waals surface area contributed by atoms with Crippen molar-refractivity contribution in [3.8, 4) is 0 Å². The lowest BCUT2D eigenvalue weighted by Gasteiger charge is -1.99. The minimum Gasteiger partial charge on any atom is -0.294 e. The van der Waals surface area contributed by atoms with Crippen LogP contribution in [0.5, 0.6) is 0 Å². The molecule has 0 aromatic heterocycles. The van der Waals surface area contributed by atoms with Crippen molar-refractivity contribution in [2.45, 2.75) is 6.54 Å². The van der Waals surface area contributed by atoms with Gasteiger partial charge in [-0.3, -0.25) is 14.7 Å². The summed E-state index contributed by atoms with van der Waals surface area (Å²) in [5.74, 6) is 0. The molecule has 0 aliphatic rings. The highest BCUT2D eigenvalue weighted by Crippen LogP contribution is 2.11. The van der Waals surface area contributed by atoms with Gasteiger partial charge in [-0.25, -0.2) is 8.93 Å². The summed E-state index contributed by atoms with van der Waals surface area (Å²) in [4.78, 5) is 9.78. The van der Waals surface area contributed by atoms with Gasteiger partial charge in [-0.1, -0.05) is 12.1 Å². The van der Waals surface area contributed by atoms with E-state index in [4.69, 9.17) is 4.55 Å². The van der Waals surface area contributed by atoms with Gasteiger partial charge in [-0.05, 0) is 5.56 Å². The Morgan fingerprint density at radius 3 is 2.43 bits per heavy atom. The van der Waals surface area contributed by atoms with Gasteiger partial charge in [0, 0.05) is 18.7 Å². The zero-order valence-electron chi connectivity index (χ0n) is 7.04. The molecule has 1 aromatic rings. The molecule has 1 unspecified atom stereocenters. The van der Waals surface area contributed by atoms with Crippen LogP contribution in [0.3, 0.4) is 0 Å². The van der Waals surface area contributed by atoms with Crippen LogP contribution in [0.2, 0.25) is 0 Å². The van der Waals surface area contributed by atoms with E-state index in [2.05, 4.69) is 4.72 Å². The lowest BCUT2D eigenvalue weighted by atomic mass is 10.2. The third-order valence-corrected chi connectivity index (χ3v) is 1.94. The van der Waals surface area contributed by atoms with E-state index in [9.17, 15) is 14.3 Å². The summed E-state index contributed by atoms with van der Waals surface area (Å²) < 4.78 is 20.9. The van der Waals surface area contributed by atoms with Crippen LogP contribution < -0.4 is 4.72 Å². The standard InChI is InChI=1S/C7H8N2O4S/c10-9(11)7-3-1-6(2-4-7)5-8-14(12)13/h1-4,8H,5H2,(H,12,13). The Kier molecular flexibility index (Phi) is 3.69. The first kappa shape index (κ1) is 10.8. The molecule has 0 saturated heterocycles. The lowest BCUT2D eigenvalue weighted by molar-refractivity contribution is -0.384. The van der Waals surface area contributed by atoms with E-state index in [0.29, 0.717) is 5.56 Å². The molecule has 0 saturated carbocycles. The maximum absolute atomic E-state index is 10.3. The molecule has 0 aliphatic carbocycles. The van der Waals surface area contributed by atoms with Gasteiger partial charge in [0.2, 0.25) is 11.3 Å². The monoisotopic (exact) mass is 216 g/mol. The van der Waals surface area contributed by atoms with Gasteiger partial charge < -0.3 is 0 Å². The van der Waals surface area contributed by atoms with Gasteiger partial charge in [-0.15, -0.1) is 0 Å². The number of non-ortho nitro benzene ring substituents is 1. The summed E-state index contributed by atoms with van der Waals surface area (Å²) in [6.45, 7) is 0.196. The van der Waals surface area contributed by atoms with Crippen molar-refractivity contribution in [2.24, 2.45) is 0 Å². The van der Waals surface area contributed by atoms with Gasteiger partial charge in [-0.2, -0.15) is 0 Å². The molecule has 1 rings (SSSR count). The summed E-state index contributed by atoms with van der Waals surface area (Å²) in [6.07, 6.45) is 0. The third kappa shape index (κ3) is 3.21. The number of rotatable bonds is 4. The number of nitrogens with one attached hydrogen (secondary N) is 1. The van der Waals surface area contributed by atoms with E-state index < -0.39 is 16.2 Å². The van der Waals surface area contributed by atoms with E-state index in [-0.39, 0.29) is 12.2 Å². The highest BCUT2D eigenvalue weighted by molar-refractivity contribution is 7.77. The molecule has 0 bridgehead atoms. The van der Waals surface area contributed by atoms with Crippen LogP contribution in [0, 0.1) is 10.1 Å². The first-order valence-corrected chi connectivity index (χ1v) is 4.78. The first-order chi connectivity index (χ1) is 6.59. The van der Waals surface area contributed by atoms with E-state index in [0.717, 1.165) is 0 Å². The Labute approximate surface area is 82.5 Å². The maximum atomic E-state index is 10.3. The SMILES string of the molecule is O=[N+]([O-])c1ccc(CNS(=O)O)cc1. The molecule has 7 heteroatoms. The second kappa shape index (κ2) is 4.80. The van der Waals surface area contributed by atoms with Crippen LogP contribution in [-0.2, 0) is 17.8 Å². The molecule has 2 N–H and O–H groups in total. The van der Waals surface area contributed by atoms with Crippen LogP contribution >= 0.6 is 0 Å². The largest absolute Gasteiger partial charge is 0.294 e. The van der Waals surface area contributed by atoms with Crippen LogP contribution in [-0.4, -0.2) is 13.7 Å². The average Bonchev–Trinajstić information content (AvgIpc) is 2.15. The maximum Gasteiger partial charge on any atom is 0.269 e. The molecule has 6 nitrogen and oxygen atoms in total. The second-order valence-corrected chi connectivity index (χ2v) is 3.28. The minimum absolute atomic E-state index is 0.00105. The van der Waals surface area contributed by atoms with Gasteiger partial charge >= 0.3 is 0 Å². The van der Waals surface area contributed by atoms with E-state index in [1.165, 1.54) is 24.3 Å². The van der Waals surface area contributed by atoms with Crippen molar-refractivity contribution in [2.75, 3.05) is 0 Å². The van der Waals surface area contributed by atoms with Crippen molar-refractivity contribution in [1.82, 2.24) is 4.72 Å². The zero-order chi connectivity index (χ0) is 10.6. The fourth-order valence-electron chi connectivity index (χ4n) is 0.881. The average molecular weight is 216 g/mol. The molecule has 14 heavy (non-hydrogen) atoms. The molecule has 0 fully saturated rings. The van der Waals surface area contributed by atoms with Gasteiger partial charge in [0.25, 0.3) is 5.69 Å². The molecule has 1 aromatic carbocycles. The van der Waals surface area contributed by atoms with Crippen molar-refractivity contribution < 1.29 is 13.7 Å². The fourth-order valence-corrected chi connectivity index (χ4v) is 1.17. The number of nitro groups is 1. The number of nitrogens with zero attached hydrogens (tertiary/aromatic N) is 1. The summed E-state index contributed by atoms with van der Waals surface area (Å²) in [5, 5.41) is 10.3. The Morgan fingerprint density at radius 2 is 2.00 bits per heavy atom. The topological polar surface area (TPSA) is 92.5 Å². The van der Waals surface area contributed by atoms with E-state index in [1.807, 2.05) is 0 Å². The van der Waals surface area contributed by atoms with Gasteiger partial charge in [0.1, 0.15) is 0 Å². The Balaban J connectivity index is 2.64. The number of benzene rings is 1. The number of hydrogen-bond acceptors (Lipinski definition) is 3. The normalized spacial score (nSPS) is 12.4. The number of nitro benzene ring substituents is 1. The van der Waals surface area contributed by atoms with Crippen LogP contribution in [0.25, 0.3) is 0 Å². The molecule has 0 radical (unpaired) electrons. The van der Waals surface area contributed by atoms with Gasteiger partial charge in [0.15, 0.2) is 0 Å². The van der Waals surface area contributed by atoms with Gasteiger partial charge in [0.05, 0.1) is 4.92 Å². The summed E-state index contributed by atoms with van der Waals surface area (Å²) >= 11 is -2.06. The summed E-state index contributed by atoms with van der Waals surface area (Å²) in [7, 11) is 0. The fraction of sp³-hybridized carbons (Fsp3) is 0.143. The smallest absolute Gasteiger partial charge is 0.269 e. The van der Waals surface area contributed by atoms with Crippen LogP contribution in [0.15, 0.2) is 24.3 Å². The highest BCUT2D eigenvalue weighted by Gasteiger charge is 2.03. The minimum atomic E-state index is -2.06. The Morgan fingerprint density at radius 1 is 1.43 bits per heavy atom. The van der Waals surface area contributed by atoms with E-state index in [1.54, 1.807) is 0 Å². The molecular weight excluding hydrogens is 208 g/mol. The van der Waals surface area contributed by atoms with Crippen LogP contribution in [0.4, 0.5) is 5.69 Å². The van der Waals surface area contributed by atoms with Crippen molar-refractivity contribution in [3.63, 3.8) is 0 Å². The zero-order valence-corrected chi connectivity index (χ0v) is 7.86. The third-order valence-electron chi connectivity index (χ3n) is 1.55. The molecule has 0 amide bonds. The van der Waals surface area contributed by atoms with E-state index >= 15 is 0 Å². The highest BCUT2D eigenvalue weighted by atomic mass is 32.2. The first-order valence-electron chi connectivity index (χ1n) is 3.67. The second-order valence-electron chi connectivity index (χ2n) is 2.49. The molecule has 0 spiro atoms. The van der Waals surface area contributed by atoms with Crippen molar-refractivity contribution in [1.29, 1.82) is 0 Å². The molecular formula is C7H8N2O4S. The molecule has 0 aliphatic heterocycles. The Bertz CT molecular complexity index is 351. The molecule has 0 heterocycles. The Hall–Kier alpha value is -1.31.